The Kier molecular flexibility index (Phi) is 7.54. The van der Waals surface area contributed by atoms with Crippen LogP contribution in [0.1, 0.15) is 51.5 Å². The monoisotopic (exact) mass is 544 g/mol. The molecule has 0 bridgehead atoms. The van der Waals surface area contributed by atoms with Crippen molar-refractivity contribution in [3.63, 3.8) is 0 Å². The van der Waals surface area contributed by atoms with Crippen molar-refractivity contribution in [1.82, 2.24) is 5.32 Å². The van der Waals surface area contributed by atoms with Crippen molar-refractivity contribution in [3.8, 4) is 0 Å². The predicted molar refractivity (Wildman–Crippen MR) is 152 cm³/mol. The van der Waals surface area contributed by atoms with Crippen molar-refractivity contribution in [1.29, 1.82) is 0 Å². The highest BCUT2D eigenvalue weighted by molar-refractivity contribution is 7.92. The number of halogens is 1. The van der Waals surface area contributed by atoms with Crippen molar-refractivity contribution < 1.29 is 13.2 Å². The van der Waals surface area contributed by atoms with Gasteiger partial charge in [-0.1, -0.05) is 72.3 Å². The summed E-state index contributed by atoms with van der Waals surface area (Å²) in [7, 11) is -3.87. The molecule has 1 aliphatic rings. The molecule has 1 N–H and O–H groups in total. The Morgan fingerprint density at radius 2 is 1.66 bits per heavy atom. The number of hydrogen-bond donors (Lipinski definition) is 1. The average Bonchev–Trinajstić information content (AvgIpc) is 2.94. The number of sulfonamides is 1. The molecule has 0 saturated carbocycles. The fourth-order valence-electron chi connectivity index (χ4n) is 4.94. The minimum absolute atomic E-state index is 0.00978. The topological polar surface area (TPSA) is 66.5 Å². The van der Waals surface area contributed by atoms with Crippen LogP contribution in [0.2, 0.25) is 5.02 Å². The Bertz CT molecular complexity index is 1550. The minimum atomic E-state index is -3.87. The van der Waals surface area contributed by atoms with Gasteiger partial charge >= 0.3 is 0 Å². The highest BCUT2D eigenvalue weighted by atomic mass is 35.5. The highest BCUT2D eigenvalue weighted by Crippen LogP contribution is 2.32. The van der Waals surface area contributed by atoms with Gasteiger partial charge in [0.15, 0.2) is 0 Å². The van der Waals surface area contributed by atoms with Crippen LogP contribution in [0, 0.1) is 6.92 Å². The summed E-state index contributed by atoms with van der Waals surface area (Å²) < 4.78 is 28.8. The number of carbonyl (C=O) groups is 1. The molecular weight excluding hydrogens is 516 g/mol. The zero-order valence-corrected chi connectivity index (χ0v) is 22.7. The first kappa shape index (κ1) is 26.0. The normalized spacial score (nSPS) is 14.9. The van der Waals surface area contributed by atoms with E-state index in [0.717, 1.165) is 30.4 Å². The molecule has 0 aromatic heterocycles. The summed E-state index contributed by atoms with van der Waals surface area (Å²) in [5.41, 5.74) is 5.06. The summed E-state index contributed by atoms with van der Waals surface area (Å²) in [6.07, 6.45) is 2.98. The van der Waals surface area contributed by atoms with Crippen LogP contribution >= 0.6 is 11.6 Å². The lowest BCUT2D eigenvalue weighted by molar-refractivity contribution is 0.0932. The second-order valence-electron chi connectivity index (χ2n) is 9.57. The Hall–Kier alpha value is -3.61. The zero-order valence-electron chi connectivity index (χ0n) is 21.1. The summed E-state index contributed by atoms with van der Waals surface area (Å²) in [6, 6.07) is 28.9. The van der Waals surface area contributed by atoms with Gasteiger partial charge in [-0.15, -0.1) is 0 Å². The number of anilines is 1. The van der Waals surface area contributed by atoms with Gasteiger partial charge in [0.05, 0.1) is 23.2 Å². The molecule has 1 atom stereocenters. The van der Waals surface area contributed by atoms with Crippen LogP contribution in [0.5, 0.6) is 0 Å². The van der Waals surface area contributed by atoms with Gasteiger partial charge in [-0.05, 0) is 84.8 Å². The number of benzene rings is 4. The molecule has 4 aromatic rings. The van der Waals surface area contributed by atoms with E-state index < -0.39 is 10.0 Å². The lowest BCUT2D eigenvalue weighted by atomic mass is 9.87. The van der Waals surface area contributed by atoms with Gasteiger partial charge in [0.25, 0.3) is 15.9 Å². The third kappa shape index (κ3) is 5.47. The highest BCUT2D eigenvalue weighted by Gasteiger charge is 2.27. The lowest BCUT2D eigenvalue weighted by Crippen LogP contribution is -2.32. The first-order valence-corrected chi connectivity index (χ1v) is 14.5. The Balaban J connectivity index is 1.39. The van der Waals surface area contributed by atoms with Gasteiger partial charge in [0, 0.05) is 10.6 Å². The molecule has 1 amide bonds. The fraction of sp³-hybridized carbons (Fsp3) is 0.194. The molecule has 0 radical (unpaired) electrons. The van der Waals surface area contributed by atoms with Crippen LogP contribution in [0.3, 0.4) is 0 Å². The lowest BCUT2D eigenvalue weighted by Gasteiger charge is -2.27. The Morgan fingerprint density at radius 3 is 2.42 bits per heavy atom. The molecule has 1 aliphatic carbocycles. The summed E-state index contributed by atoms with van der Waals surface area (Å²) in [5.74, 6) is -0.141. The molecule has 0 spiro atoms. The standard InChI is InChI=1S/C31H29ClN2O3S/c1-22-14-19-26(32)20-30(22)34(38(36,37)27-10-3-2-4-11-27)21-23-15-17-25(18-16-23)31(35)33-29-13-7-9-24-8-5-6-12-28(24)29/h2-6,8,10-12,14-20,29H,7,9,13,21H2,1H3,(H,33,35). The predicted octanol–water partition coefficient (Wildman–Crippen LogP) is 6.85. The van der Waals surface area contributed by atoms with Crippen LogP contribution in [-0.4, -0.2) is 14.3 Å². The number of nitrogens with one attached hydrogen (secondary N) is 1. The van der Waals surface area contributed by atoms with Crippen molar-refractivity contribution in [2.45, 2.75) is 43.7 Å². The Labute approximate surface area is 229 Å². The number of hydrogen-bond acceptors (Lipinski definition) is 3. The van der Waals surface area contributed by atoms with Crippen LogP contribution < -0.4 is 9.62 Å². The zero-order chi connectivity index (χ0) is 26.7. The minimum Gasteiger partial charge on any atom is -0.345 e. The maximum absolute atomic E-state index is 13.7. The molecule has 4 aromatic carbocycles. The molecule has 0 fully saturated rings. The van der Waals surface area contributed by atoms with Gasteiger partial charge in [-0.25, -0.2) is 8.42 Å². The summed E-state index contributed by atoms with van der Waals surface area (Å²) in [6.45, 7) is 1.95. The summed E-state index contributed by atoms with van der Waals surface area (Å²) in [5, 5.41) is 3.63. The van der Waals surface area contributed by atoms with E-state index in [9.17, 15) is 13.2 Å². The maximum atomic E-state index is 13.7. The fourth-order valence-corrected chi connectivity index (χ4v) is 6.64. The van der Waals surface area contributed by atoms with Crippen LogP contribution in [-0.2, 0) is 23.0 Å². The maximum Gasteiger partial charge on any atom is 0.264 e. The van der Waals surface area contributed by atoms with Gasteiger partial charge in [-0.2, -0.15) is 0 Å². The average molecular weight is 545 g/mol. The van der Waals surface area contributed by atoms with E-state index in [1.807, 2.05) is 25.1 Å². The number of aryl methyl sites for hydroxylation is 2. The number of fused-ring (bicyclic) bond motifs is 1. The van der Waals surface area contributed by atoms with Gasteiger partial charge in [0.1, 0.15) is 0 Å². The van der Waals surface area contributed by atoms with E-state index in [1.165, 1.54) is 15.4 Å². The molecule has 5 nitrogen and oxygen atoms in total. The van der Waals surface area contributed by atoms with E-state index in [1.54, 1.807) is 66.7 Å². The molecule has 5 rings (SSSR count). The molecular formula is C31H29ClN2O3S. The third-order valence-corrected chi connectivity index (χ3v) is 9.00. The quantitative estimate of drug-likeness (QED) is 0.276. The number of carbonyl (C=O) groups excluding carboxylic acids is 1. The molecule has 0 heterocycles. The molecule has 7 heteroatoms. The summed E-state index contributed by atoms with van der Waals surface area (Å²) in [4.78, 5) is 13.3. The third-order valence-electron chi connectivity index (χ3n) is 6.99. The largest absolute Gasteiger partial charge is 0.345 e. The molecule has 1 unspecified atom stereocenters. The molecule has 194 valence electrons. The van der Waals surface area contributed by atoms with Crippen LogP contribution in [0.15, 0.2) is 102 Å². The smallest absolute Gasteiger partial charge is 0.264 e. The van der Waals surface area contributed by atoms with Crippen molar-refractivity contribution in [3.05, 3.63) is 130 Å². The number of amides is 1. The second kappa shape index (κ2) is 11.0. The molecule has 38 heavy (non-hydrogen) atoms. The molecule has 0 saturated heterocycles. The van der Waals surface area contributed by atoms with Gasteiger partial charge in [-0.3, -0.25) is 9.10 Å². The first-order chi connectivity index (χ1) is 18.3. The van der Waals surface area contributed by atoms with Crippen molar-refractivity contribution in [2.75, 3.05) is 4.31 Å². The molecule has 0 aliphatic heterocycles. The summed E-state index contributed by atoms with van der Waals surface area (Å²) >= 11 is 6.26. The second-order valence-corrected chi connectivity index (χ2v) is 11.9. The van der Waals surface area contributed by atoms with E-state index in [0.29, 0.717) is 16.3 Å². The van der Waals surface area contributed by atoms with E-state index in [2.05, 4.69) is 17.4 Å². The van der Waals surface area contributed by atoms with Crippen molar-refractivity contribution >= 4 is 33.2 Å². The van der Waals surface area contributed by atoms with Gasteiger partial charge < -0.3 is 5.32 Å². The number of nitrogens with zero attached hydrogens (tertiary/aromatic N) is 1. The first-order valence-electron chi connectivity index (χ1n) is 12.6. The van der Waals surface area contributed by atoms with E-state index >= 15 is 0 Å². The SMILES string of the molecule is Cc1ccc(Cl)cc1N(Cc1ccc(C(=O)NC2CCCc3ccccc32)cc1)S(=O)(=O)c1ccccc1. The van der Waals surface area contributed by atoms with Crippen LogP contribution in [0.25, 0.3) is 0 Å². The van der Waals surface area contributed by atoms with E-state index in [4.69, 9.17) is 11.6 Å². The van der Waals surface area contributed by atoms with Crippen molar-refractivity contribution in [2.24, 2.45) is 0 Å². The number of rotatable bonds is 7. The van der Waals surface area contributed by atoms with E-state index in [-0.39, 0.29) is 23.4 Å². The van der Waals surface area contributed by atoms with Gasteiger partial charge in [0.2, 0.25) is 0 Å². The Morgan fingerprint density at radius 1 is 0.947 bits per heavy atom. The van der Waals surface area contributed by atoms with Crippen LogP contribution in [0.4, 0.5) is 5.69 Å².